The Balaban J connectivity index is 1.48. The number of esters is 1. The highest BCUT2D eigenvalue weighted by molar-refractivity contribution is 5.88. The van der Waals surface area contributed by atoms with E-state index in [9.17, 15) is 4.79 Å². The van der Waals surface area contributed by atoms with E-state index in [1.807, 2.05) is 36.4 Å². The molecule has 2 heteroatoms. The largest absolute Gasteiger partial charge is 0.423 e. The van der Waals surface area contributed by atoms with Gasteiger partial charge in [0.1, 0.15) is 5.76 Å². The van der Waals surface area contributed by atoms with Crippen molar-refractivity contribution in [3.05, 3.63) is 77.1 Å². The minimum Gasteiger partial charge on any atom is -0.423 e. The van der Waals surface area contributed by atoms with Crippen molar-refractivity contribution in [1.29, 1.82) is 0 Å². The Kier molecular flexibility index (Phi) is 3.11. The number of fused-ring (bicyclic) bond motifs is 1. The number of allylic oxidation sites excluding steroid dienone is 5. The highest BCUT2D eigenvalue weighted by Crippen LogP contribution is 2.56. The molecular formula is C20H18O2. The summed E-state index contributed by atoms with van der Waals surface area (Å²) in [6, 6.07) is 9.76. The third-order valence-corrected chi connectivity index (χ3v) is 4.86. The Morgan fingerprint density at radius 3 is 2.95 bits per heavy atom. The fraction of sp³-hybridized carbons (Fsp3) is 0.250. The number of rotatable bonds is 3. The maximum Gasteiger partial charge on any atom is 0.336 e. The minimum absolute atomic E-state index is 0.255. The molecule has 0 heterocycles. The first-order valence-corrected chi connectivity index (χ1v) is 7.84. The van der Waals surface area contributed by atoms with Crippen LogP contribution in [-0.2, 0) is 9.53 Å². The topological polar surface area (TPSA) is 26.3 Å². The maximum atomic E-state index is 12.0. The van der Waals surface area contributed by atoms with Gasteiger partial charge in [0.2, 0.25) is 0 Å². The summed E-state index contributed by atoms with van der Waals surface area (Å²) in [5.74, 6) is 0.401. The van der Waals surface area contributed by atoms with Crippen molar-refractivity contribution in [3.8, 4) is 0 Å². The third-order valence-electron chi connectivity index (χ3n) is 4.86. The smallest absolute Gasteiger partial charge is 0.336 e. The van der Waals surface area contributed by atoms with Gasteiger partial charge < -0.3 is 4.74 Å². The predicted octanol–water partition coefficient (Wildman–Crippen LogP) is 4.57. The van der Waals surface area contributed by atoms with Crippen LogP contribution in [0.5, 0.6) is 0 Å². The first-order chi connectivity index (χ1) is 10.8. The van der Waals surface area contributed by atoms with Crippen molar-refractivity contribution < 1.29 is 9.53 Å². The highest BCUT2D eigenvalue weighted by atomic mass is 16.5. The fourth-order valence-corrected chi connectivity index (χ4v) is 3.74. The van der Waals surface area contributed by atoms with Gasteiger partial charge in [-0.25, -0.2) is 4.79 Å². The number of ether oxygens (including phenoxy) is 1. The molecule has 110 valence electrons. The van der Waals surface area contributed by atoms with Crippen LogP contribution < -0.4 is 0 Å². The van der Waals surface area contributed by atoms with E-state index in [-0.39, 0.29) is 11.4 Å². The van der Waals surface area contributed by atoms with E-state index < -0.39 is 0 Å². The Bertz CT molecular complexity index is 734. The molecule has 0 amide bonds. The van der Waals surface area contributed by atoms with E-state index in [0.29, 0.717) is 0 Å². The molecule has 0 aliphatic heterocycles. The van der Waals surface area contributed by atoms with Crippen molar-refractivity contribution in [3.63, 3.8) is 0 Å². The molecule has 1 aromatic rings. The van der Waals surface area contributed by atoms with E-state index >= 15 is 0 Å². The summed E-state index contributed by atoms with van der Waals surface area (Å²) >= 11 is 0. The molecule has 3 aliphatic carbocycles. The van der Waals surface area contributed by atoms with Gasteiger partial charge in [0.25, 0.3) is 0 Å². The summed E-state index contributed by atoms with van der Waals surface area (Å²) in [4.78, 5) is 12.0. The van der Waals surface area contributed by atoms with E-state index in [4.69, 9.17) is 4.74 Å². The molecule has 0 aromatic heterocycles. The molecule has 1 aromatic carbocycles. The Labute approximate surface area is 130 Å². The zero-order valence-corrected chi connectivity index (χ0v) is 12.4. The fourth-order valence-electron chi connectivity index (χ4n) is 3.74. The predicted molar refractivity (Wildman–Crippen MR) is 86.7 cm³/mol. The van der Waals surface area contributed by atoms with Gasteiger partial charge in [-0.1, -0.05) is 48.1 Å². The molecule has 0 radical (unpaired) electrons. The van der Waals surface area contributed by atoms with Crippen molar-refractivity contribution in [2.75, 3.05) is 0 Å². The van der Waals surface area contributed by atoms with Crippen LogP contribution in [0.15, 0.2) is 71.5 Å². The van der Waals surface area contributed by atoms with Crippen molar-refractivity contribution >= 4 is 12.0 Å². The molecular weight excluding hydrogens is 272 g/mol. The van der Waals surface area contributed by atoms with Crippen molar-refractivity contribution in [2.45, 2.75) is 25.7 Å². The van der Waals surface area contributed by atoms with Crippen molar-refractivity contribution in [1.82, 2.24) is 0 Å². The lowest BCUT2D eigenvalue weighted by molar-refractivity contribution is -0.133. The average Bonchev–Trinajstić information content (AvgIpc) is 3.03. The SMILES string of the molecule is O=C(C=Cc1ccccc1)OC1=C2C=C3CCCC3(C=C1)C2. The van der Waals surface area contributed by atoms with Crippen LogP contribution in [0.2, 0.25) is 0 Å². The van der Waals surface area contributed by atoms with E-state index in [0.717, 1.165) is 17.7 Å². The lowest BCUT2D eigenvalue weighted by Crippen LogP contribution is -2.15. The molecule has 22 heavy (non-hydrogen) atoms. The van der Waals surface area contributed by atoms with Gasteiger partial charge in [-0.2, -0.15) is 0 Å². The van der Waals surface area contributed by atoms with Crippen LogP contribution >= 0.6 is 0 Å². The number of carbonyl (C=O) groups is 1. The van der Waals surface area contributed by atoms with Gasteiger partial charge >= 0.3 is 5.97 Å². The standard InChI is InChI=1S/C20H18O2/c21-19(9-8-15-5-2-1-3-6-15)22-18-10-12-20-11-4-7-17(20)13-16(18)14-20/h1-3,5-6,8-10,12-13H,4,7,11,14H2. The minimum atomic E-state index is -0.317. The third kappa shape index (κ3) is 2.25. The van der Waals surface area contributed by atoms with Gasteiger partial charge in [-0.05, 0) is 49.0 Å². The molecule has 1 saturated carbocycles. The second kappa shape index (κ2) is 5.13. The molecule has 1 unspecified atom stereocenters. The molecule has 0 N–H and O–H groups in total. The van der Waals surface area contributed by atoms with Gasteiger partial charge in [0, 0.05) is 11.5 Å². The van der Waals surface area contributed by atoms with Gasteiger partial charge in [0.15, 0.2) is 0 Å². The van der Waals surface area contributed by atoms with Crippen LogP contribution in [0.4, 0.5) is 0 Å². The Hall–Kier alpha value is -2.35. The second-order valence-electron chi connectivity index (χ2n) is 6.24. The molecule has 1 spiro atoms. The number of carbonyl (C=O) groups excluding carboxylic acids is 1. The van der Waals surface area contributed by atoms with E-state index in [2.05, 4.69) is 12.2 Å². The molecule has 4 rings (SSSR count). The number of hydrogen-bond acceptors (Lipinski definition) is 2. The summed E-state index contributed by atoms with van der Waals surface area (Å²) in [5, 5.41) is 0. The lowest BCUT2D eigenvalue weighted by Gasteiger charge is -2.25. The lowest BCUT2D eigenvalue weighted by atomic mass is 9.80. The molecule has 3 aliphatic rings. The normalized spacial score (nSPS) is 25.5. The van der Waals surface area contributed by atoms with Crippen LogP contribution in [0.3, 0.4) is 0 Å². The van der Waals surface area contributed by atoms with Crippen LogP contribution in [0.25, 0.3) is 6.08 Å². The summed E-state index contributed by atoms with van der Waals surface area (Å²) in [6.07, 6.45) is 14.4. The van der Waals surface area contributed by atoms with Crippen LogP contribution in [-0.4, -0.2) is 5.97 Å². The number of benzene rings is 1. The second-order valence-corrected chi connectivity index (χ2v) is 6.24. The summed E-state index contributed by atoms with van der Waals surface area (Å²) in [7, 11) is 0. The zero-order valence-electron chi connectivity index (χ0n) is 12.4. The zero-order chi connectivity index (χ0) is 15.0. The van der Waals surface area contributed by atoms with Crippen LogP contribution in [0.1, 0.15) is 31.2 Å². The summed E-state index contributed by atoms with van der Waals surface area (Å²) in [6.45, 7) is 0. The number of hydrogen-bond donors (Lipinski definition) is 0. The Morgan fingerprint density at radius 1 is 1.23 bits per heavy atom. The van der Waals surface area contributed by atoms with E-state index in [1.165, 1.54) is 36.5 Å². The molecule has 0 saturated heterocycles. The molecule has 1 atom stereocenters. The quantitative estimate of drug-likeness (QED) is 0.602. The maximum absolute atomic E-state index is 12.0. The van der Waals surface area contributed by atoms with E-state index in [1.54, 1.807) is 6.08 Å². The molecule has 1 fully saturated rings. The monoisotopic (exact) mass is 290 g/mol. The first kappa shape index (κ1) is 13.3. The average molecular weight is 290 g/mol. The summed E-state index contributed by atoms with van der Waals surface area (Å²) in [5.41, 5.74) is 3.95. The molecule has 2 nitrogen and oxygen atoms in total. The Morgan fingerprint density at radius 2 is 2.09 bits per heavy atom. The first-order valence-electron chi connectivity index (χ1n) is 7.84. The van der Waals surface area contributed by atoms with Crippen molar-refractivity contribution in [2.24, 2.45) is 5.41 Å². The van der Waals surface area contributed by atoms with Crippen LogP contribution in [0, 0.1) is 5.41 Å². The highest BCUT2D eigenvalue weighted by Gasteiger charge is 2.43. The molecule has 2 bridgehead atoms. The van der Waals surface area contributed by atoms with Gasteiger partial charge in [-0.3, -0.25) is 0 Å². The van der Waals surface area contributed by atoms with Gasteiger partial charge in [-0.15, -0.1) is 0 Å². The van der Waals surface area contributed by atoms with Gasteiger partial charge in [0.05, 0.1) is 0 Å². The summed E-state index contributed by atoms with van der Waals surface area (Å²) < 4.78 is 5.53.